The van der Waals surface area contributed by atoms with Crippen LogP contribution in [-0.2, 0) is 20.7 Å². The maximum absolute atomic E-state index is 12.2. The van der Waals surface area contributed by atoms with Gasteiger partial charge in [0.05, 0.1) is 18.1 Å². The van der Waals surface area contributed by atoms with E-state index in [2.05, 4.69) is 12.2 Å². The zero-order valence-corrected chi connectivity index (χ0v) is 16.6. The van der Waals surface area contributed by atoms with Crippen LogP contribution in [0.2, 0.25) is 0 Å². The molecule has 1 amide bonds. The molecular formula is C23H24N2O4. The molecule has 0 saturated heterocycles. The fourth-order valence-corrected chi connectivity index (χ4v) is 2.69. The lowest BCUT2D eigenvalue weighted by Gasteiger charge is -2.13. The molecule has 1 N–H and O–H groups in total. The largest absolute Gasteiger partial charge is 0.453 e. The number of esters is 1. The molecule has 6 heteroatoms. The van der Waals surface area contributed by atoms with Crippen molar-refractivity contribution >= 4 is 23.3 Å². The number of hydrogen-bond donors (Lipinski definition) is 1. The molecule has 0 aliphatic heterocycles. The standard InChI is InChI=1S/C23H24N2O4/c1-3-4-17-5-9-19(10-6-17)21(26)13-14-22(27)29-16(2)23(28)25-20-11-7-18(15-24)8-12-20/h5-12,16H,3-4,13-14H2,1-2H3,(H,25,28)/t16-/m0/s1. The van der Waals surface area contributed by atoms with Gasteiger partial charge in [-0.3, -0.25) is 14.4 Å². The molecule has 150 valence electrons. The Kier molecular flexibility index (Phi) is 8.11. The molecule has 0 radical (unpaired) electrons. The minimum atomic E-state index is -0.999. The molecule has 2 aromatic rings. The molecule has 0 bridgehead atoms. The van der Waals surface area contributed by atoms with Crippen molar-refractivity contribution in [3.05, 3.63) is 65.2 Å². The van der Waals surface area contributed by atoms with Gasteiger partial charge in [-0.2, -0.15) is 5.26 Å². The van der Waals surface area contributed by atoms with Gasteiger partial charge in [0, 0.05) is 17.7 Å². The second kappa shape index (κ2) is 10.8. The Morgan fingerprint density at radius 2 is 1.69 bits per heavy atom. The van der Waals surface area contributed by atoms with Gasteiger partial charge >= 0.3 is 5.97 Å². The SMILES string of the molecule is CCCc1ccc(C(=O)CCC(=O)O[C@@H](C)C(=O)Nc2ccc(C#N)cc2)cc1. The van der Waals surface area contributed by atoms with E-state index in [1.807, 2.05) is 18.2 Å². The van der Waals surface area contributed by atoms with Crippen molar-refractivity contribution in [1.29, 1.82) is 5.26 Å². The molecule has 0 unspecified atom stereocenters. The Bertz CT molecular complexity index is 896. The molecule has 0 spiro atoms. The Morgan fingerprint density at radius 3 is 2.28 bits per heavy atom. The van der Waals surface area contributed by atoms with E-state index >= 15 is 0 Å². The third-order valence-corrected chi connectivity index (χ3v) is 4.33. The van der Waals surface area contributed by atoms with E-state index in [0.717, 1.165) is 12.8 Å². The summed E-state index contributed by atoms with van der Waals surface area (Å²) in [6.07, 6.45) is 0.931. The highest BCUT2D eigenvalue weighted by Gasteiger charge is 2.19. The number of nitrogens with one attached hydrogen (secondary N) is 1. The summed E-state index contributed by atoms with van der Waals surface area (Å²) in [6.45, 7) is 3.56. The number of carbonyl (C=O) groups excluding carboxylic acids is 3. The van der Waals surface area contributed by atoms with Crippen LogP contribution in [0.3, 0.4) is 0 Å². The number of rotatable bonds is 9. The number of benzene rings is 2. The van der Waals surface area contributed by atoms with E-state index in [4.69, 9.17) is 10.00 Å². The number of nitrogens with zero attached hydrogens (tertiary/aromatic N) is 1. The molecule has 0 heterocycles. The van der Waals surface area contributed by atoms with E-state index in [1.54, 1.807) is 36.4 Å². The Hall–Kier alpha value is -3.46. The molecule has 0 aliphatic carbocycles. The van der Waals surface area contributed by atoms with E-state index in [0.29, 0.717) is 16.8 Å². The van der Waals surface area contributed by atoms with Gasteiger partial charge in [-0.25, -0.2) is 0 Å². The van der Waals surface area contributed by atoms with Crippen LogP contribution in [0.1, 0.15) is 54.6 Å². The van der Waals surface area contributed by atoms with Crippen molar-refractivity contribution < 1.29 is 19.1 Å². The second-order valence-corrected chi connectivity index (χ2v) is 6.68. The Balaban J connectivity index is 1.79. The lowest BCUT2D eigenvalue weighted by molar-refractivity contribution is -0.153. The summed E-state index contributed by atoms with van der Waals surface area (Å²) >= 11 is 0. The number of aryl methyl sites for hydroxylation is 1. The molecule has 1 atom stereocenters. The van der Waals surface area contributed by atoms with Crippen molar-refractivity contribution in [3.8, 4) is 6.07 Å². The number of nitriles is 1. The van der Waals surface area contributed by atoms with Crippen LogP contribution in [-0.4, -0.2) is 23.8 Å². The van der Waals surface area contributed by atoms with E-state index in [9.17, 15) is 14.4 Å². The summed E-state index contributed by atoms with van der Waals surface area (Å²) in [5, 5.41) is 11.4. The van der Waals surface area contributed by atoms with Gasteiger partial charge in [0.1, 0.15) is 0 Å². The van der Waals surface area contributed by atoms with Crippen molar-refractivity contribution in [2.45, 2.75) is 45.6 Å². The molecule has 2 aromatic carbocycles. The lowest BCUT2D eigenvalue weighted by atomic mass is 10.0. The van der Waals surface area contributed by atoms with Gasteiger partial charge in [0.25, 0.3) is 5.91 Å². The molecule has 6 nitrogen and oxygen atoms in total. The number of hydrogen-bond acceptors (Lipinski definition) is 5. The highest BCUT2D eigenvalue weighted by atomic mass is 16.5. The number of ether oxygens (including phenoxy) is 1. The van der Waals surface area contributed by atoms with Crippen LogP contribution in [0.4, 0.5) is 5.69 Å². The highest BCUT2D eigenvalue weighted by molar-refractivity contribution is 5.98. The first-order valence-electron chi connectivity index (χ1n) is 9.55. The summed E-state index contributed by atoms with van der Waals surface area (Å²) in [6, 6.07) is 15.7. The molecule has 0 aliphatic rings. The molecule has 0 fully saturated rings. The lowest BCUT2D eigenvalue weighted by Crippen LogP contribution is -2.30. The van der Waals surface area contributed by atoms with Gasteiger partial charge < -0.3 is 10.1 Å². The van der Waals surface area contributed by atoms with E-state index in [1.165, 1.54) is 12.5 Å². The van der Waals surface area contributed by atoms with Crippen LogP contribution >= 0.6 is 0 Å². The summed E-state index contributed by atoms with van der Waals surface area (Å²) in [5.74, 6) is -1.23. The number of Topliss-reactive ketones (excluding diaryl/α,β-unsaturated/α-hetero) is 1. The number of ketones is 1. The minimum absolute atomic E-state index is 0.0237. The predicted octanol–water partition coefficient (Wildman–Crippen LogP) is 4.04. The average molecular weight is 392 g/mol. The monoisotopic (exact) mass is 392 g/mol. The maximum Gasteiger partial charge on any atom is 0.307 e. The first kappa shape index (κ1) is 21.8. The molecule has 0 aromatic heterocycles. The van der Waals surface area contributed by atoms with Crippen molar-refractivity contribution in [2.24, 2.45) is 0 Å². The second-order valence-electron chi connectivity index (χ2n) is 6.68. The summed E-state index contributed by atoms with van der Waals surface area (Å²) in [7, 11) is 0. The zero-order chi connectivity index (χ0) is 21.2. The first-order chi connectivity index (χ1) is 13.9. The molecular weight excluding hydrogens is 368 g/mol. The topological polar surface area (TPSA) is 96.3 Å². The quantitative estimate of drug-likeness (QED) is 0.513. The van der Waals surface area contributed by atoms with Gasteiger partial charge in [-0.05, 0) is 43.2 Å². The first-order valence-corrected chi connectivity index (χ1v) is 9.55. The normalized spacial score (nSPS) is 11.2. The van der Waals surface area contributed by atoms with Crippen LogP contribution in [0.5, 0.6) is 0 Å². The molecule has 29 heavy (non-hydrogen) atoms. The van der Waals surface area contributed by atoms with Gasteiger partial charge in [0.15, 0.2) is 11.9 Å². The van der Waals surface area contributed by atoms with Gasteiger partial charge in [-0.1, -0.05) is 37.6 Å². The minimum Gasteiger partial charge on any atom is -0.453 e. The number of anilines is 1. The average Bonchev–Trinajstić information content (AvgIpc) is 2.73. The van der Waals surface area contributed by atoms with Crippen molar-refractivity contribution in [2.75, 3.05) is 5.32 Å². The molecule has 0 saturated carbocycles. The Labute approximate surface area is 170 Å². The van der Waals surface area contributed by atoms with Crippen LogP contribution in [0, 0.1) is 11.3 Å². The Morgan fingerprint density at radius 1 is 1.03 bits per heavy atom. The fourth-order valence-electron chi connectivity index (χ4n) is 2.69. The van der Waals surface area contributed by atoms with Crippen LogP contribution < -0.4 is 5.32 Å². The zero-order valence-electron chi connectivity index (χ0n) is 16.6. The van der Waals surface area contributed by atoms with Crippen molar-refractivity contribution in [1.82, 2.24) is 0 Å². The third kappa shape index (κ3) is 6.89. The summed E-state index contributed by atoms with van der Waals surface area (Å²) in [5.41, 5.74) is 2.71. The van der Waals surface area contributed by atoms with Crippen molar-refractivity contribution in [3.63, 3.8) is 0 Å². The van der Waals surface area contributed by atoms with Crippen LogP contribution in [0.25, 0.3) is 0 Å². The summed E-state index contributed by atoms with van der Waals surface area (Å²) in [4.78, 5) is 36.3. The van der Waals surface area contributed by atoms with E-state index < -0.39 is 18.0 Å². The molecule has 2 rings (SSSR count). The summed E-state index contributed by atoms with van der Waals surface area (Å²) < 4.78 is 5.11. The predicted molar refractivity (Wildman–Crippen MR) is 109 cm³/mol. The number of amides is 1. The van der Waals surface area contributed by atoms with Crippen LogP contribution in [0.15, 0.2) is 48.5 Å². The van der Waals surface area contributed by atoms with Gasteiger partial charge in [-0.15, -0.1) is 0 Å². The number of carbonyl (C=O) groups is 3. The third-order valence-electron chi connectivity index (χ3n) is 4.33. The fraction of sp³-hybridized carbons (Fsp3) is 0.304. The highest BCUT2D eigenvalue weighted by Crippen LogP contribution is 2.12. The van der Waals surface area contributed by atoms with E-state index in [-0.39, 0.29) is 18.6 Å². The van der Waals surface area contributed by atoms with Gasteiger partial charge in [0.2, 0.25) is 0 Å². The smallest absolute Gasteiger partial charge is 0.307 e. The maximum atomic E-state index is 12.2.